The Labute approximate surface area is 175 Å². The summed E-state index contributed by atoms with van der Waals surface area (Å²) in [5.74, 6) is 1.02. The van der Waals surface area contributed by atoms with E-state index in [4.69, 9.17) is 10.00 Å². The third kappa shape index (κ3) is 4.18. The number of ether oxygens (including phenoxy) is 1. The minimum Gasteiger partial charge on any atom is -0.463 e. The van der Waals surface area contributed by atoms with Gasteiger partial charge in [-0.2, -0.15) is 10.2 Å². The molecular formula is C23H23N5O2. The Bertz CT molecular complexity index is 1060. The number of carbonyl (C=O) groups excluding carboxylic acids is 1. The third-order valence-electron chi connectivity index (χ3n) is 5.41. The number of rotatable bonds is 5. The summed E-state index contributed by atoms with van der Waals surface area (Å²) in [5.41, 5.74) is 3.34. The highest BCUT2D eigenvalue weighted by atomic mass is 16.5. The number of nitrogens with zero attached hydrogens (tertiary/aromatic N) is 4. The first kappa shape index (κ1) is 19.6. The number of hydrogen-bond donors (Lipinski definition) is 1. The highest BCUT2D eigenvalue weighted by Crippen LogP contribution is 2.29. The first-order chi connectivity index (χ1) is 14.7. The quantitative estimate of drug-likeness (QED) is 0.702. The van der Waals surface area contributed by atoms with E-state index in [0.717, 1.165) is 18.4 Å². The number of aromatic amines is 1. The Morgan fingerprint density at radius 1 is 1.23 bits per heavy atom. The molecule has 152 valence electrons. The summed E-state index contributed by atoms with van der Waals surface area (Å²) in [5, 5.41) is 15.8. The lowest BCUT2D eigenvalue weighted by atomic mass is 9.89. The van der Waals surface area contributed by atoms with Crippen molar-refractivity contribution in [2.75, 3.05) is 19.7 Å². The SMILES string of the molecule is CCOc1n[nH]c(-c2cccc(C(=O)N3CCC(c4ccc(C#N)cc4)CC3)c2)n1. The molecule has 3 aromatic rings. The standard InChI is InChI=1S/C23H23N5O2/c1-2-30-23-25-21(26-27-23)19-4-3-5-20(14-19)22(29)28-12-10-18(11-13-28)17-8-6-16(15-24)7-9-17/h3-9,14,18H,2,10-13H2,1H3,(H,25,26,27). The van der Waals surface area contributed by atoms with Crippen molar-refractivity contribution in [3.05, 3.63) is 65.2 Å². The summed E-state index contributed by atoms with van der Waals surface area (Å²) in [6.45, 7) is 3.79. The van der Waals surface area contributed by atoms with Crippen LogP contribution in [0.4, 0.5) is 0 Å². The predicted octanol–water partition coefficient (Wildman–Crippen LogP) is 3.76. The average Bonchev–Trinajstić information content (AvgIpc) is 3.28. The van der Waals surface area contributed by atoms with Gasteiger partial charge in [0.15, 0.2) is 5.82 Å². The largest absolute Gasteiger partial charge is 0.463 e. The Morgan fingerprint density at radius 3 is 2.70 bits per heavy atom. The van der Waals surface area contributed by atoms with Crippen LogP contribution in [0.25, 0.3) is 11.4 Å². The lowest BCUT2D eigenvalue weighted by molar-refractivity contribution is 0.0713. The van der Waals surface area contributed by atoms with Crippen LogP contribution < -0.4 is 4.74 Å². The van der Waals surface area contributed by atoms with Crippen LogP contribution in [0, 0.1) is 11.3 Å². The Balaban J connectivity index is 1.42. The zero-order chi connectivity index (χ0) is 20.9. The number of nitriles is 1. The van der Waals surface area contributed by atoms with E-state index in [1.54, 1.807) is 0 Å². The van der Waals surface area contributed by atoms with Crippen molar-refractivity contribution in [2.45, 2.75) is 25.7 Å². The minimum absolute atomic E-state index is 0.0275. The number of benzene rings is 2. The maximum atomic E-state index is 13.0. The van der Waals surface area contributed by atoms with Gasteiger partial charge in [-0.3, -0.25) is 9.89 Å². The van der Waals surface area contributed by atoms with E-state index in [-0.39, 0.29) is 5.91 Å². The number of carbonyl (C=O) groups is 1. The summed E-state index contributed by atoms with van der Waals surface area (Å²) < 4.78 is 5.30. The van der Waals surface area contributed by atoms with Crippen molar-refractivity contribution in [3.8, 4) is 23.5 Å². The van der Waals surface area contributed by atoms with Crippen molar-refractivity contribution in [1.82, 2.24) is 20.1 Å². The number of hydrogen-bond acceptors (Lipinski definition) is 5. The molecule has 30 heavy (non-hydrogen) atoms. The molecule has 1 amide bonds. The fourth-order valence-corrected chi connectivity index (χ4v) is 3.80. The lowest BCUT2D eigenvalue weighted by Crippen LogP contribution is -2.37. The van der Waals surface area contributed by atoms with E-state index in [1.165, 1.54) is 5.56 Å². The van der Waals surface area contributed by atoms with Crippen LogP contribution in [-0.4, -0.2) is 45.7 Å². The molecule has 0 unspecified atom stereocenters. The zero-order valence-corrected chi connectivity index (χ0v) is 16.8. The molecule has 1 fully saturated rings. The molecule has 1 aliphatic rings. The Morgan fingerprint density at radius 2 is 2.00 bits per heavy atom. The number of aromatic nitrogens is 3. The van der Waals surface area contributed by atoms with E-state index >= 15 is 0 Å². The van der Waals surface area contributed by atoms with Crippen molar-refractivity contribution >= 4 is 5.91 Å². The van der Waals surface area contributed by atoms with E-state index in [2.05, 4.69) is 21.3 Å². The lowest BCUT2D eigenvalue weighted by Gasteiger charge is -2.32. The van der Waals surface area contributed by atoms with Gasteiger partial charge in [0.1, 0.15) is 0 Å². The maximum Gasteiger partial charge on any atom is 0.335 e. The van der Waals surface area contributed by atoms with Crippen LogP contribution >= 0.6 is 0 Å². The second-order valence-corrected chi connectivity index (χ2v) is 7.28. The average molecular weight is 401 g/mol. The van der Waals surface area contributed by atoms with Crippen molar-refractivity contribution in [1.29, 1.82) is 5.26 Å². The fourth-order valence-electron chi connectivity index (χ4n) is 3.80. The fraction of sp³-hybridized carbons (Fsp3) is 0.304. The Kier molecular flexibility index (Phi) is 5.75. The van der Waals surface area contributed by atoms with Gasteiger partial charge in [-0.25, -0.2) is 0 Å². The minimum atomic E-state index is 0.0275. The number of piperidine rings is 1. The summed E-state index contributed by atoms with van der Waals surface area (Å²) in [6.07, 6.45) is 1.83. The highest BCUT2D eigenvalue weighted by Gasteiger charge is 2.25. The highest BCUT2D eigenvalue weighted by molar-refractivity contribution is 5.95. The molecule has 0 atom stereocenters. The third-order valence-corrected chi connectivity index (χ3v) is 5.41. The summed E-state index contributed by atoms with van der Waals surface area (Å²) in [6, 6.07) is 17.6. The molecular weight excluding hydrogens is 378 g/mol. The maximum absolute atomic E-state index is 13.0. The first-order valence-corrected chi connectivity index (χ1v) is 10.1. The van der Waals surface area contributed by atoms with Gasteiger partial charge in [0.05, 0.1) is 18.2 Å². The van der Waals surface area contributed by atoms with Gasteiger partial charge < -0.3 is 9.64 Å². The monoisotopic (exact) mass is 401 g/mol. The summed E-state index contributed by atoms with van der Waals surface area (Å²) in [7, 11) is 0. The Hall–Kier alpha value is -3.66. The molecule has 1 N–H and O–H groups in total. The van der Waals surface area contributed by atoms with Crippen molar-refractivity contribution in [3.63, 3.8) is 0 Å². The molecule has 0 saturated carbocycles. The predicted molar refractivity (Wildman–Crippen MR) is 112 cm³/mol. The van der Waals surface area contributed by atoms with Gasteiger partial charge >= 0.3 is 6.01 Å². The van der Waals surface area contributed by atoms with E-state index in [9.17, 15) is 4.79 Å². The smallest absolute Gasteiger partial charge is 0.335 e. The first-order valence-electron chi connectivity index (χ1n) is 10.1. The number of H-pyrrole nitrogens is 1. The summed E-state index contributed by atoms with van der Waals surface area (Å²) in [4.78, 5) is 19.2. The molecule has 2 aromatic carbocycles. The van der Waals surface area contributed by atoms with Gasteiger partial charge in [0, 0.05) is 24.2 Å². The molecule has 4 rings (SSSR count). The van der Waals surface area contributed by atoms with Crippen LogP contribution in [0.2, 0.25) is 0 Å². The molecule has 0 bridgehead atoms. The second-order valence-electron chi connectivity index (χ2n) is 7.28. The molecule has 2 heterocycles. The molecule has 1 aromatic heterocycles. The molecule has 1 saturated heterocycles. The van der Waals surface area contributed by atoms with Gasteiger partial charge in [-0.05, 0) is 55.5 Å². The van der Waals surface area contributed by atoms with Crippen LogP contribution in [0.15, 0.2) is 48.5 Å². The molecule has 1 aliphatic heterocycles. The number of amides is 1. The van der Waals surface area contributed by atoms with Gasteiger partial charge in [-0.15, -0.1) is 5.10 Å². The van der Waals surface area contributed by atoms with Crippen molar-refractivity contribution in [2.24, 2.45) is 0 Å². The van der Waals surface area contributed by atoms with E-state index < -0.39 is 0 Å². The van der Waals surface area contributed by atoms with Crippen LogP contribution in [-0.2, 0) is 0 Å². The molecule has 0 radical (unpaired) electrons. The zero-order valence-electron chi connectivity index (χ0n) is 16.8. The van der Waals surface area contributed by atoms with Crippen LogP contribution in [0.1, 0.15) is 47.2 Å². The summed E-state index contributed by atoms with van der Waals surface area (Å²) >= 11 is 0. The molecule has 7 heteroatoms. The van der Waals surface area contributed by atoms with E-state index in [0.29, 0.717) is 48.6 Å². The molecule has 0 aliphatic carbocycles. The topological polar surface area (TPSA) is 94.9 Å². The normalized spacial score (nSPS) is 14.3. The van der Waals surface area contributed by atoms with Gasteiger partial charge in [0.2, 0.25) is 0 Å². The molecule has 7 nitrogen and oxygen atoms in total. The number of likely N-dealkylation sites (tertiary alicyclic amines) is 1. The molecule has 0 spiro atoms. The van der Waals surface area contributed by atoms with Crippen LogP contribution in [0.5, 0.6) is 6.01 Å². The van der Waals surface area contributed by atoms with E-state index in [1.807, 2.05) is 60.4 Å². The van der Waals surface area contributed by atoms with Gasteiger partial charge in [0.25, 0.3) is 5.91 Å². The van der Waals surface area contributed by atoms with Crippen LogP contribution in [0.3, 0.4) is 0 Å². The second kappa shape index (κ2) is 8.78. The van der Waals surface area contributed by atoms with Gasteiger partial charge in [-0.1, -0.05) is 24.3 Å². The number of nitrogens with one attached hydrogen (secondary N) is 1. The van der Waals surface area contributed by atoms with Crippen molar-refractivity contribution < 1.29 is 9.53 Å².